The van der Waals surface area contributed by atoms with Crippen LogP contribution in [0.5, 0.6) is 0 Å². The third kappa shape index (κ3) is 3.51. The zero-order chi connectivity index (χ0) is 19.1. The number of hydrogen-bond donors (Lipinski definition) is 2. The zero-order valence-corrected chi connectivity index (χ0v) is 16.7. The van der Waals surface area contributed by atoms with Gasteiger partial charge in [0.2, 0.25) is 0 Å². The van der Waals surface area contributed by atoms with Crippen molar-refractivity contribution in [3.05, 3.63) is 31.3 Å². The second kappa shape index (κ2) is 7.26. The molecule has 0 bridgehead atoms. The van der Waals surface area contributed by atoms with Gasteiger partial charge in [0.1, 0.15) is 4.83 Å². The highest BCUT2D eigenvalue weighted by atomic mass is 32.1. The van der Waals surface area contributed by atoms with Crippen molar-refractivity contribution in [2.24, 2.45) is 0 Å². The zero-order valence-electron chi connectivity index (χ0n) is 15.9. The first-order valence-electron chi connectivity index (χ1n) is 9.07. The molecular formula is C18H28N3O4S+. The summed E-state index contributed by atoms with van der Waals surface area (Å²) in [5, 5.41) is 9.81. The van der Waals surface area contributed by atoms with Gasteiger partial charge in [0, 0.05) is 24.4 Å². The molecule has 0 unspecified atom stereocenters. The van der Waals surface area contributed by atoms with Crippen LogP contribution in [0.2, 0.25) is 0 Å². The van der Waals surface area contributed by atoms with Crippen LogP contribution in [0, 0.1) is 0 Å². The van der Waals surface area contributed by atoms with E-state index in [0.29, 0.717) is 31.4 Å². The summed E-state index contributed by atoms with van der Waals surface area (Å²) in [6.45, 7) is 6.06. The molecule has 0 spiro atoms. The van der Waals surface area contributed by atoms with Gasteiger partial charge in [-0.15, -0.1) is 11.3 Å². The van der Waals surface area contributed by atoms with E-state index in [9.17, 15) is 9.59 Å². The van der Waals surface area contributed by atoms with E-state index in [2.05, 4.69) is 0 Å². The third-order valence-electron chi connectivity index (χ3n) is 4.81. The van der Waals surface area contributed by atoms with Crippen LogP contribution in [0.3, 0.4) is 0 Å². The molecule has 0 aliphatic carbocycles. The number of nitrogens with zero attached hydrogens (tertiary/aromatic N) is 2. The van der Waals surface area contributed by atoms with Gasteiger partial charge in [-0.05, 0) is 25.8 Å². The van der Waals surface area contributed by atoms with Gasteiger partial charge in [0.05, 0.1) is 44.8 Å². The molecule has 0 atom stereocenters. The summed E-state index contributed by atoms with van der Waals surface area (Å²) < 4.78 is 8.93. The lowest BCUT2D eigenvalue weighted by Crippen LogP contribution is -3.06. The minimum atomic E-state index is -0.321. The number of fused-ring (bicyclic) bond motifs is 3. The predicted octanol–water partition coefficient (Wildman–Crippen LogP) is -0.397. The highest BCUT2D eigenvalue weighted by molar-refractivity contribution is 7.18. The number of aliphatic hydroxyl groups excluding tert-OH is 1. The van der Waals surface area contributed by atoms with Gasteiger partial charge in [0.15, 0.2) is 0 Å². The topological polar surface area (TPSA) is 77.9 Å². The van der Waals surface area contributed by atoms with Crippen molar-refractivity contribution < 1.29 is 14.7 Å². The lowest BCUT2D eigenvalue weighted by molar-refractivity contribution is -0.858. The SMILES string of the molecule is C[NH+](C)CCn1c(=O)n(CCCO)c(=O)c2c3c(sc21)COC(C)(C)C3. The average Bonchev–Trinajstić information content (AvgIpc) is 2.91. The third-order valence-corrected chi connectivity index (χ3v) is 6.04. The molecule has 2 aromatic rings. The summed E-state index contributed by atoms with van der Waals surface area (Å²) in [5.74, 6) is 0. The van der Waals surface area contributed by atoms with Crippen molar-refractivity contribution in [1.82, 2.24) is 9.13 Å². The molecule has 0 amide bonds. The quantitative estimate of drug-likeness (QED) is 0.713. The largest absolute Gasteiger partial charge is 0.396 e. The first-order valence-corrected chi connectivity index (χ1v) is 9.88. The molecule has 7 nitrogen and oxygen atoms in total. The van der Waals surface area contributed by atoms with E-state index < -0.39 is 0 Å². The Hall–Kier alpha value is -1.48. The first kappa shape index (κ1) is 19.3. The van der Waals surface area contributed by atoms with Crippen LogP contribution in [-0.4, -0.2) is 47.1 Å². The number of likely N-dealkylation sites (N-methyl/N-ethyl adjacent to an activating group) is 1. The number of aromatic nitrogens is 2. The molecule has 0 radical (unpaired) electrons. The van der Waals surface area contributed by atoms with Crippen molar-refractivity contribution in [2.75, 3.05) is 27.2 Å². The molecule has 26 heavy (non-hydrogen) atoms. The maximum atomic E-state index is 13.1. The summed E-state index contributed by atoms with van der Waals surface area (Å²) in [5.41, 5.74) is 0.186. The minimum absolute atomic E-state index is 0.0472. The molecule has 0 saturated heterocycles. The van der Waals surface area contributed by atoms with Gasteiger partial charge in [0.25, 0.3) is 5.56 Å². The standard InChI is InChI=1S/C18H27N3O4S/c1-18(2)10-12-13(11-25-18)26-16-14(12)15(23)20(6-5-9-22)17(24)21(16)8-7-19(3)4/h22H,5-11H2,1-4H3/p+1. The molecule has 0 fully saturated rings. The van der Waals surface area contributed by atoms with Gasteiger partial charge in [-0.25, -0.2) is 4.79 Å². The van der Waals surface area contributed by atoms with E-state index in [1.54, 1.807) is 4.57 Å². The van der Waals surface area contributed by atoms with E-state index in [1.165, 1.54) is 20.8 Å². The monoisotopic (exact) mass is 382 g/mol. The Morgan fingerprint density at radius 1 is 1.23 bits per heavy atom. The molecule has 8 heteroatoms. The van der Waals surface area contributed by atoms with E-state index in [0.717, 1.165) is 21.8 Å². The van der Waals surface area contributed by atoms with Crippen LogP contribution >= 0.6 is 11.3 Å². The Morgan fingerprint density at radius 3 is 2.62 bits per heavy atom. The Balaban J connectivity index is 2.25. The van der Waals surface area contributed by atoms with Crippen molar-refractivity contribution in [3.8, 4) is 0 Å². The molecule has 2 aromatic heterocycles. The Morgan fingerprint density at radius 2 is 1.96 bits per heavy atom. The fourth-order valence-electron chi connectivity index (χ4n) is 3.36. The van der Waals surface area contributed by atoms with Crippen LogP contribution in [0.25, 0.3) is 10.2 Å². The molecule has 3 rings (SSSR count). The molecular weight excluding hydrogens is 354 g/mol. The predicted molar refractivity (Wildman–Crippen MR) is 102 cm³/mol. The molecule has 3 heterocycles. The highest BCUT2D eigenvalue weighted by Gasteiger charge is 2.31. The average molecular weight is 383 g/mol. The van der Waals surface area contributed by atoms with Gasteiger partial charge < -0.3 is 14.7 Å². The molecule has 1 aliphatic rings. The van der Waals surface area contributed by atoms with E-state index in [1.807, 2.05) is 27.9 Å². The first-order chi connectivity index (χ1) is 12.2. The van der Waals surface area contributed by atoms with Crippen LogP contribution in [0.4, 0.5) is 0 Å². The van der Waals surface area contributed by atoms with Gasteiger partial charge in [-0.1, -0.05) is 0 Å². The molecule has 0 aromatic carbocycles. The van der Waals surface area contributed by atoms with Crippen LogP contribution in [0.1, 0.15) is 30.7 Å². The summed E-state index contributed by atoms with van der Waals surface area (Å²) in [6, 6.07) is 0. The van der Waals surface area contributed by atoms with Gasteiger partial charge in [-0.2, -0.15) is 0 Å². The summed E-state index contributed by atoms with van der Waals surface area (Å²) in [6.07, 6.45) is 1.05. The van der Waals surface area contributed by atoms with Crippen molar-refractivity contribution in [1.29, 1.82) is 0 Å². The Kier molecular flexibility index (Phi) is 5.39. The van der Waals surface area contributed by atoms with Gasteiger partial charge >= 0.3 is 5.69 Å². The summed E-state index contributed by atoms with van der Waals surface area (Å²) in [7, 11) is 4.08. The lowest BCUT2D eigenvalue weighted by Gasteiger charge is -2.29. The maximum absolute atomic E-state index is 13.1. The second-order valence-electron chi connectivity index (χ2n) is 7.83. The van der Waals surface area contributed by atoms with Crippen molar-refractivity contribution in [2.45, 2.75) is 52.0 Å². The highest BCUT2D eigenvalue weighted by Crippen LogP contribution is 2.37. The second-order valence-corrected chi connectivity index (χ2v) is 8.92. The number of rotatable bonds is 6. The molecule has 0 saturated carbocycles. The summed E-state index contributed by atoms with van der Waals surface area (Å²) >= 11 is 1.51. The Labute approximate surface area is 156 Å². The van der Waals surface area contributed by atoms with E-state index in [4.69, 9.17) is 9.84 Å². The fourth-order valence-corrected chi connectivity index (χ4v) is 4.60. The van der Waals surface area contributed by atoms with Crippen molar-refractivity contribution >= 4 is 21.6 Å². The smallest absolute Gasteiger partial charge is 0.332 e. The fraction of sp³-hybridized carbons (Fsp3) is 0.667. The summed E-state index contributed by atoms with van der Waals surface area (Å²) in [4.78, 5) is 29.1. The molecule has 1 aliphatic heterocycles. The Bertz CT molecular complexity index is 923. The van der Waals surface area contributed by atoms with E-state index in [-0.39, 0.29) is 30.0 Å². The number of hydrogen-bond acceptors (Lipinski definition) is 5. The molecule has 144 valence electrons. The van der Waals surface area contributed by atoms with Crippen LogP contribution in [0.15, 0.2) is 9.59 Å². The van der Waals surface area contributed by atoms with Crippen LogP contribution < -0.4 is 16.1 Å². The maximum Gasteiger partial charge on any atom is 0.332 e. The number of aliphatic hydroxyl groups is 1. The number of quaternary nitrogens is 1. The minimum Gasteiger partial charge on any atom is -0.396 e. The van der Waals surface area contributed by atoms with Crippen LogP contribution in [-0.2, 0) is 30.9 Å². The normalized spacial score (nSPS) is 16.4. The molecule has 2 N–H and O–H groups in total. The number of nitrogens with one attached hydrogen (secondary N) is 1. The van der Waals surface area contributed by atoms with Crippen molar-refractivity contribution in [3.63, 3.8) is 0 Å². The number of ether oxygens (including phenoxy) is 1. The lowest BCUT2D eigenvalue weighted by atomic mass is 9.94. The van der Waals surface area contributed by atoms with Gasteiger partial charge in [-0.3, -0.25) is 13.9 Å². The van der Waals surface area contributed by atoms with E-state index >= 15 is 0 Å². The number of thiophene rings is 1.